The Balaban J connectivity index is 1.91. The smallest absolute Gasteiger partial charge is 0.0471 e. The first-order valence-electron chi connectivity index (χ1n) is 7.02. The Kier molecular flexibility index (Phi) is 5.22. The van der Waals surface area contributed by atoms with Gasteiger partial charge in [0.05, 0.1) is 0 Å². The van der Waals surface area contributed by atoms with Gasteiger partial charge in [-0.1, -0.05) is 13.8 Å². The highest BCUT2D eigenvalue weighted by Crippen LogP contribution is 2.35. The standard InChI is InChI=1S/C15H25NOS/c1-13(2)16-12-15(6-8-17-9-7-15)5-3-14-4-10-18-11-14/h4,10-11,13,16H,3,5-9,12H2,1-2H3. The molecule has 1 aromatic heterocycles. The highest BCUT2D eigenvalue weighted by atomic mass is 32.1. The summed E-state index contributed by atoms with van der Waals surface area (Å²) in [5, 5.41) is 8.09. The summed E-state index contributed by atoms with van der Waals surface area (Å²) in [5.74, 6) is 0. The van der Waals surface area contributed by atoms with E-state index >= 15 is 0 Å². The fraction of sp³-hybridized carbons (Fsp3) is 0.733. The van der Waals surface area contributed by atoms with Crippen LogP contribution in [0.3, 0.4) is 0 Å². The maximum atomic E-state index is 5.54. The fourth-order valence-electron chi connectivity index (χ4n) is 2.58. The summed E-state index contributed by atoms with van der Waals surface area (Å²) in [5.41, 5.74) is 1.94. The van der Waals surface area contributed by atoms with Crippen molar-refractivity contribution < 1.29 is 4.74 Å². The van der Waals surface area contributed by atoms with Crippen molar-refractivity contribution in [3.05, 3.63) is 22.4 Å². The number of thiophene rings is 1. The van der Waals surface area contributed by atoms with Crippen molar-refractivity contribution in [1.29, 1.82) is 0 Å². The Morgan fingerprint density at radius 3 is 2.78 bits per heavy atom. The molecule has 3 heteroatoms. The largest absolute Gasteiger partial charge is 0.381 e. The van der Waals surface area contributed by atoms with E-state index in [4.69, 9.17) is 4.74 Å². The van der Waals surface area contributed by atoms with E-state index in [0.717, 1.165) is 19.8 Å². The maximum absolute atomic E-state index is 5.54. The Morgan fingerprint density at radius 1 is 1.39 bits per heavy atom. The predicted octanol–water partition coefficient (Wildman–Crippen LogP) is 3.48. The number of hydrogen-bond donors (Lipinski definition) is 1. The van der Waals surface area contributed by atoms with Crippen LogP contribution in [0.5, 0.6) is 0 Å². The average molecular weight is 267 g/mol. The zero-order valence-corrected chi connectivity index (χ0v) is 12.4. The van der Waals surface area contributed by atoms with Gasteiger partial charge in [-0.25, -0.2) is 0 Å². The van der Waals surface area contributed by atoms with Crippen molar-refractivity contribution in [1.82, 2.24) is 5.32 Å². The molecule has 18 heavy (non-hydrogen) atoms. The third kappa shape index (κ3) is 4.08. The normalized spacial score (nSPS) is 19.3. The van der Waals surface area contributed by atoms with Crippen molar-refractivity contribution in [3.63, 3.8) is 0 Å². The second kappa shape index (κ2) is 6.69. The molecule has 1 aromatic rings. The average Bonchev–Trinajstić information content (AvgIpc) is 2.89. The lowest BCUT2D eigenvalue weighted by atomic mass is 9.75. The van der Waals surface area contributed by atoms with Gasteiger partial charge >= 0.3 is 0 Å². The van der Waals surface area contributed by atoms with Gasteiger partial charge in [0.1, 0.15) is 0 Å². The van der Waals surface area contributed by atoms with Gasteiger partial charge in [0.25, 0.3) is 0 Å². The van der Waals surface area contributed by atoms with Crippen LogP contribution >= 0.6 is 11.3 Å². The molecular weight excluding hydrogens is 242 g/mol. The molecule has 2 heterocycles. The molecule has 1 aliphatic heterocycles. The first-order chi connectivity index (χ1) is 8.70. The van der Waals surface area contributed by atoms with Gasteiger partial charge in [-0.3, -0.25) is 0 Å². The van der Waals surface area contributed by atoms with Gasteiger partial charge in [-0.2, -0.15) is 11.3 Å². The second-order valence-electron chi connectivity index (χ2n) is 5.78. The van der Waals surface area contributed by atoms with Crippen LogP contribution < -0.4 is 5.32 Å². The second-order valence-corrected chi connectivity index (χ2v) is 6.56. The lowest BCUT2D eigenvalue weighted by molar-refractivity contribution is 0.00971. The van der Waals surface area contributed by atoms with Crippen LogP contribution in [0.1, 0.15) is 38.7 Å². The molecule has 0 atom stereocenters. The molecule has 0 aliphatic carbocycles. The molecule has 2 nitrogen and oxygen atoms in total. The number of rotatable bonds is 6. The molecule has 1 fully saturated rings. The Labute approximate surface area is 115 Å². The molecular formula is C15H25NOS. The fourth-order valence-corrected chi connectivity index (χ4v) is 3.29. The summed E-state index contributed by atoms with van der Waals surface area (Å²) in [6.45, 7) is 7.46. The molecule has 0 unspecified atom stereocenters. The van der Waals surface area contributed by atoms with Gasteiger partial charge in [0.15, 0.2) is 0 Å². The van der Waals surface area contributed by atoms with Crippen LogP contribution in [-0.2, 0) is 11.2 Å². The van der Waals surface area contributed by atoms with E-state index < -0.39 is 0 Å². The SMILES string of the molecule is CC(C)NCC1(CCc2ccsc2)CCOCC1. The quantitative estimate of drug-likeness (QED) is 0.852. The molecule has 1 aliphatic rings. The van der Waals surface area contributed by atoms with Gasteiger partial charge in [-0.05, 0) is 53.5 Å². The van der Waals surface area contributed by atoms with Crippen molar-refractivity contribution in [2.75, 3.05) is 19.8 Å². The summed E-state index contributed by atoms with van der Waals surface area (Å²) >= 11 is 1.80. The summed E-state index contributed by atoms with van der Waals surface area (Å²) < 4.78 is 5.54. The monoisotopic (exact) mass is 267 g/mol. The van der Waals surface area contributed by atoms with Gasteiger partial charge in [-0.15, -0.1) is 0 Å². The van der Waals surface area contributed by atoms with Crippen LogP contribution in [0.4, 0.5) is 0 Å². The van der Waals surface area contributed by atoms with E-state index in [1.807, 2.05) is 0 Å². The molecule has 1 saturated heterocycles. The summed E-state index contributed by atoms with van der Waals surface area (Å²) in [4.78, 5) is 0. The van der Waals surface area contributed by atoms with Crippen molar-refractivity contribution in [3.8, 4) is 0 Å². The van der Waals surface area contributed by atoms with Crippen LogP contribution in [-0.4, -0.2) is 25.8 Å². The molecule has 2 rings (SSSR count). The highest BCUT2D eigenvalue weighted by Gasteiger charge is 2.32. The van der Waals surface area contributed by atoms with Gasteiger partial charge in [0, 0.05) is 25.8 Å². The lowest BCUT2D eigenvalue weighted by Crippen LogP contribution is -2.41. The van der Waals surface area contributed by atoms with E-state index in [1.54, 1.807) is 11.3 Å². The van der Waals surface area contributed by atoms with E-state index in [2.05, 4.69) is 36.0 Å². The van der Waals surface area contributed by atoms with Gasteiger partial charge < -0.3 is 10.1 Å². The van der Waals surface area contributed by atoms with E-state index in [0.29, 0.717) is 11.5 Å². The molecule has 0 spiro atoms. The van der Waals surface area contributed by atoms with E-state index in [1.165, 1.54) is 31.2 Å². The highest BCUT2D eigenvalue weighted by molar-refractivity contribution is 7.07. The van der Waals surface area contributed by atoms with Crippen LogP contribution in [0.2, 0.25) is 0 Å². The first-order valence-corrected chi connectivity index (χ1v) is 7.97. The van der Waals surface area contributed by atoms with Crippen LogP contribution in [0, 0.1) is 5.41 Å². The molecule has 0 amide bonds. The summed E-state index contributed by atoms with van der Waals surface area (Å²) in [6, 6.07) is 2.83. The van der Waals surface area contributed by atoms with Crippen LogP contribution in [0.15, 0.2) is 16.8 Å². The third-order valence-electron chi connectivity index (χ3n) is 3.96. The topological polar surface area (TPSA) is 21.3 Å². The maximum Gasteiger partial charge on any atom is 0.0471 e. The van der Waals surface area contributed by atoms with Gasteiger partial charge in [0.2, 0.25) is 0 Å². The number of ether oxygens (including phenoxy) is 1. The molecule has 102 valence electrons. The third-order valence-corrected chi connectivity index (χ3v) is 4.69. The Morgan fingerprint density at radius 2 is 2.17 bits per heavy atom. The number of nitrogens with one attached hydrogen (secondary N) is 1. The van der Waals surface area contributed by atoms with Crippen LogP contribution in [0.25, 0.3) is 0 Å². The Hall–Kier alpha value is -0.380. The number of aryl methyl sites for hydroxylation is 1. The van der Waals surface area contributed by atoms with E-state index in [-0.39, 0.29) is 0 Å². The minimum Gasteiger partial charge on any atom is -0.381 e. The van der Waals surface area contributed by atoms with Crippen molar-refractivity contribution >= 4 is 11.3 Å². The minimum atomic E-state index is 0.449. The molecule has 1 N–H and O–H groups in total. The van der Waals surface area contributed by atoms with Crippen molar-refractivity contribution in [2.45, 2.75) is 45.6 Å². The zero-order chi connectivity index (χ0) is 12.8. The molecule has 0 radical (unpaired) electrons. The van der Waals surface area contributed by atoms with E-state index in [9.17, 15) is 0 Å². The molecule has 0 bridgehead atoms. The zero-order valence-electron chi connectivity index (χ0n) is 11.6. The number of hydrogen-bond acceptors (Lipinski definition) is 3. The minimum absolute atomic E-state index is 0.449. The lowest BCUT2D eigenvalue weighted by Gasteiger charge is -2.38. The molecule has 0 saturated carbocycles. The predicted molar refractivity (Wildman–Crippen MR) is 78.3 cm³/mol. The summed E-state index contributed by atoms with van der Waals surface area (Å²) in [7, 11) is 0. The molecule has 0 aromatic carbocycles. The first kappa shape index (κ1) is 14.0. The van der Waals surface area contributed by atoms with Crippen molar-refractivity contribution in [2.24, 2.45) is 5.41 Å². The summed E-state index contributed by atoms with van der Waals surface area (Å²) in [6.07, 6.45) is 4.91. The Bertz CT molecular complexity index is 328.